The monoisotopic (exact) mass is 370 g/mol. The zero-order chi connectivity index (χ0) is 18.4. The molecule has 140 valence electrons. The second-order valence-electron chi connectivity index (χ2n) is 6.01. The fourth-order valence-electron chi connectivity index (χ4n) is 3.09. The van der Waals surface area contributed by atoms with Crippen molar-refractivity contribution in [2.45, 2.75) is 25.4 Å². The topological polar surface area (TPSA) is 83.3 Å². The van der Waals surface area contributed by atoms with Gasteiger partial charge in [0.15, 0.2) is 17.9 Å². The summed E-state index contributed by atoms with van der Waals surface area (Å²) in [7, 11) is 1.49. The first-order chi connectivity index (χ1) is 12.5. The molecule has 1 aromatic carbocycles. The molecule has 1 aromatic heterocycles. The van der Waals surface area contributed by atoms with Crippen LogP contribution in [-0.2, 0) is 18.9 Å². The second kappa shape index (κ2) is 6.45. The summed E-state index contributed by atoms with van der Waals surface area (Å²) in [5, 5.41) is 3.89. The SMILES string of the molecule is CO[C@@H](C)C1COC(=O)N1c1noc2c(F)c(F)c(C3OCCO3)cc12. The zero-order valence-electron chi connectivity index (χ0n) is 14.0. The van der Waals surface area contributed by atoms with Crippen molar-refractivity contribution >= 4 is 22.9 Å². The molecule has 3 heterocycles. The number of ether oxygens (including phenoxy) is 4. The molecule has 26 heavy (non-hydrogen) atoms. The first kappa shape index (κ1) is 17.1. The number of fused-ring (bicyclic) bond motifs is 1. The van der Waals surface area contributed by atoms with Crippen LogP contribution in [0.4, 0.5) is 19.4 Å². The van der Waals surface area contributed by atoms with Crippen LogP contribution in [-0.4, -0.2) is 50.3 Å². The van der Waals surface area contributed by atoms with Crippen LogP contribution in [0, 0.1) is 11.6 Å². The first-order valence-corrected chi connectivity index (χ1v) is 8.02. The Morgan fingerprint density at radius 2 is 2.04 bits per heavy atom. The van der Waals surface area contributed by atoms with Gasteiger partial charge in [0.05, 0.1) is 24.7 Å². The van der Waals surface area contributed by atoms with Gasteiger partial charge in [0, 0.05) is 12.7 Å². The Bertz CT molecular complexity index is 851. The number of amides is 1. The van der Waals surface area contributed by atoms with Crippen molar-refractivity contribution in [3.63, 3.8) is 0 Å². The standard InChI is InChI=1S/C16H16F2N2O6/c1-7(22-2)10-6-25-16(21)20(10)14-9-5-8(15-23-3-4-24-15)11(17)12(18)13(9)26-19-14/h5,7,10,15H,3-4,6H2,1-2H3/t7-,10?/m0/s1. The van der Waals surface area contributed by atoms with E-state index in [4.69, 9.17) is 23.5 Å². The molecule has 4 rings (SSSR count). The third-order valence-corrected chi connectivity index (χ3v) is 4.58. The van der Waals surface area contributed by atoms with Crippen molar-refractivity contribution < 1.29 is 37.0 Å². The summed E-state index contributed by atoms with van der Waals surface area (Å²) < 4.78 is 54.6. The Morgan fingerprint density at radius 1 is 1.31 bits per heavy atom. The summed E-state index contributed by atoms with van der Waals surface area (Å²) in [6.45, 7) is 2.37. The van der Waals surface area contributed by atoms with Gasteiger partial charge in [-0.2, -0.15) is 4.39 Å². The van der Waals surface area contributed by atoms with Crippen LogP contribution < -0.4 is 4.90 Å². The molecule has 0 bridgehead atoms. The number of cyclic esters (lactones) is 1. The maximum atomic E-state index is 14.5. The molecule has 2 aliphatic rings. The minimum atomic E-state index is -1.22. The number of hydrogen-bond donors (Lipinski definition) is 0. The van der Waals surface area contributed by atoms with Crippen LogP contribution >= 0.6 is 0 Å². The minimum absolute atomic E-state index is 0.0227. The quantitative estimate of drug-likeness (QED) is 0.818. The van der Waals surface area contributed by atoms with Gasteiger partial charge in [0.1, 0.15) is 12.6 Å². The predicted molar refractivity (Wildman–Crippen MR) is 82.7 cm³/mol. The molecule has 2 atom stereocenters. The summed E-state index contributed by atoms with van der Waals surface area (Å²) in [4.78, 5) is 13.4. The lowest BCUT2D eigenvalue weighted by molar-refractivity contribution is -0.0467. The number of halogens is 2. The summed E-state index contributed by atoms with van der Waals surface area (Å²) in [5.74, 6) is -2.34. The van der Waals surface area contributed by atoms with Crippen molar-refractivity contribution in [2.24, 2.45) is 0 Å². The molecular weight excluding hydrogens is 354 g/mol. The van der Waals surface area contributed by atoms with E-state index >= 15 is 0 Å². The molecular formula is C16H16F2N2O6. The van der Waals surface area contributed by atoms with Gasteiger partial charge in [-0.15, -0.1) is 0 Å². The highest BCUT2D eigenvalue weighted by molar-refractivity contribution is 5.99. The lowest BCUT2D eigenvalue weighted by Crippen LogP contribution is -2.42. The average molecular weight is 370 g/mol. The summed E-state index contributed by atoms with van der Waals surface area (Å²) in [6, 6.07) is 0.826. The minimum Gasteiger partial charge on any atom is -0.447 e. The maximum absolute atomic E-state index is 14.5. The lowest BCUT2D eigenvalue weighted by atomic mass is 10.1. The molecule has 0 N–H and O–H groups in total. The van der Waals surface area contributed by atoms with Gasteiger partial charge >= 0.3 is 6.09 Å². The highest BCUT2D eigenvalue weighted by Crippen LogP contribution is 2.37. The van der Waals surface area contributed by atoms with Crippen molar-refractivity contribution in [1.82, 2.24) is 5.16 Å². The van der Waals surface area contributed by atoms with Crippen LogP contribution in [0.1, 0.15) is 18.8 Å². The van der Waals surface area contributed by atoms with E-state index < -0.39 is 35.6 Å². The van der Waals surface area contributed by atoms with E-state index in [1.807, 2.05) is 0 Å². The molecule has 2 aromatic rings. The van der Waals surface area contributed by atoms with Crippen LogP contribution in [0.25, 0.3) is 11.0 Å². The predicted octanol–water partition coefficient (Wildman–Crippen LogP) is 2.51. The fourth-order valence-corrected chi connectivity index (χ4v) is 3.09. The zero-order valence-corrected chi connectivity index (χ0v) is 14.0. The molecule has 2 saturated heterocycles. The molecule has 0 radical (unpaired) electrons. The van der Waals surface area contributed by atoms with E-state index in [2.05, 4.69) is 5.16 Å². The van der Waals surface area contributed by atoms with Crippen molar-refractivity contribution in [3.05, 3.63) is 23.3 Å². The molecule has 0 saturated carbocycles. The average Bonchev–Trinajstić information content (AvgIpc) is 3.36. The second-order valence-corrected chi connectivity index (χ2v) is 6.01. The molecule has 2 aliphatic heterocycles. The van der Waals surface area contributed by atoms with Gasteiger partial charge in [-0.1, -0.05) is 5.16 Å². The molecule has 1 amide bonds. The number of nitrogens with zero attached hydrogens (tertiary/aromatic N) is 2. The highest BCUT2D eigenvalue weighted by Gasteiger charge is 2.41. The van der Waals surface area contributed by atoms with E-state index in [-0.39, 0.29) is 42.7 Å². The molecule has 1 unspecified atom stereocenters. The summed E-state index contributed by atoms with van der Waals surface area (Å²) >= 11 is 0. The van der Waals surface area contributed by atoms with E-state index in [0.717, 1.165) is 0 Å². The van der Waals surface area contributed by atoms with Crippen LogP contribution in [0.3, 0.4) is 0 Å². The largest absolute Gasteiger partial charge is 0.447 e. The number of carbonyl (C=O) groups excluding carboxylic acids is 1. The fraction of sp³-hybridized carbons (Fsp3) is 0.500. The summed E-state index contributed by atoms with van der Waals surface area (Å²) in [6.07, 6.45) is -2.08. The number of anilines is 1. The van der Waals surface area contributed by atoms with Gasteiger partial charge in [0.2, 0.25) is 11.4 Å². The first-order valence-electron chi connectivity index (χ1n) is 8.02. The van der Waals surface area contributed by atoms with Crippen LogP contribution in [0.5, 0.6) is 0 Å². The van der Waals surface area contributed by atoms with E-state index in [9.17, 15) is 13.6 Å². The molecule has 0 aliphatic carbocycles. The van der Waals surface area contributed by atoms with Gasteiger partial charge in [-0.3, -0.25) is 0 Å². The maximum Gasteiger partial charge on any atom is 0.416 e. The molecule has 0 spiro atoms. The Balaban J connectivity index is 1.84. The number of benzene rings is 1. The van der Waals surface area contributed by atoms with Crippen LogP contribution in [0.15, 0.2) is 10.6 Å². The van der Waals surface area contributed by atoms with E-state index in [1.54, 1.807) is 6.92 Å². The van der Waals surface area contributed by atoms with E-state index in [1.165, 1.54) is 18.1 Å². The Labute approximate surface area is 146 Å². The van der Waals surface area contributed by atoms with Gasteiger partial charge in [-0.05, 0) is 13.0 Å². The van der Waals surface area contributed by atoms with Crippen molar-refractivity contribution in [2.75, 3.05) is 31.8 Å². The highest BCUT2D eigenvalue weighted by atomic mass is 19.2. The smallest absolute Gasteiger partial charge is 0.416 e. The number of carbonyl (C=O) groups is 1. The number of aromatic nitrogens is 1. The van der Waals surface area contributed by atoms with Crippen molar-refractivity contribution in [3.8, 4) is 0 Å². The summed E-state index contributed by atoms with van der Waals surface area (Å²) in [5.41, 5.74) is -0.524. The number of methoxy groups -OCH3 is 1. The number of rotatable bonds is 4. The van der Waals surface area contributed by atoms with Crippen molar-refractivity contribution in [1.29, 1.82) is 0 Å². The van der Waals surface area contributed by atoms with Crippen LogP contribution in [0.2, 0.25) is 0 Å². The van der Waals surface area contributed by atoms with Gasteiger partial charge < -0.3 is 23.5 Å². The molecule has 8 nitrogen and oxygen atoms in total. The third kappa shape index (κ3) is 2.52. The van der Waals surface area contributed by atoms with Gasteiger partial charge in [0.25, 0.3) is 0 Å². The third-order valence-electron chi connectivity index (χ3n) is 4.58. The Hall–Kier alpha value is -2.30. The van der Waals surface area contributed by atoms with E-state index in [0.29, 0.717) is 0 Å². The lowest BCUT2D eigenvalue weighted by Gasteiger charge is -2.23. The van der Waals surface area contributed by atoms with Gasteiger partial charge in [-0.25, -0.2) is 14.1 Å². The normalized spacial score (nSPS) is 22.4. The number of hydrogen-bond acceptors (Lipinski definition) is 7. The molecule has 10 heteroatoms. The molecule has 2 fully saturated rings. The Kier molecular flexibility index (Phi) is 4.25. The Morgan fingerprint density at radius 3 is 2.73 bits per heavy atom.